The number of anilines is 1. The summed E-state index contributed by atoms with van der Waals surface area (Å²) in [6, 6.07) is 1.48. The zero-order valence-electron chi connectivity index (χ0n) is 10.4. The van der Waals surface area contributed by atoms with Crippen molar-refractivity contribution in [2.24, 2.45) is 11.1 Å². The van der Waals surface area contributed by atoms with Crippen molar-refractivity contribution in [3.05, 3.63) is 23.0 Å². The van der Waals surface area contributed by atoms with Gasteiger partial charge in [0.15, 0.2) is 0 Å². The lowest BCUT2D eigenvalue weighted by Gasteiger charge is -2.25. The first-order valence-electron chi connectivity index (χ1n) is 5.70. The van der Waals surface area contributed by atoms with Crippen molar-refractivity contribution in [2.45, 2.75) is 19.9 Å². The van der Waals surface area contributed by atoms with Crippen LogP contribution in [0.5, 0.6) is 0 Å². The van der Waals surface area contributed by atoms with Crippen molar-refractivity contribution < 1.29 is 9.53 Å². The third-order valence-corrected chi connectivity index (χ3v) is 3.70. The molecule has 0 bridgehead atoms. The number of nitrogens with two attached hydrogens (primary N) is 1. The zero-order chi connectivity index (χ0) is 13.3. The van der Waals surface area contributed by atoms with E-state index in [0.29, 0.717) is 24.1 Å². The van der Waals surface area contributed by atoms with Gasteiger partial charge >= 0.3 is 0 Å². The normalized spacial score (nSPS) is 27.2. The van der Waals surface area contributed by atoms with E-state index in [2.05, 4.69) is 10.3 Å². The molecule has 1 saturated heterocycles. The lowest BCUT2D eigenvalue weighted by Crippen LogP contribution is -2.47. The van der Waals surface area contributed by atoms with Gasteiger partial charge in [0.05, 0.1) is 30.5 Å². The van der Waals surface area contributed by atoms with Gasteiger partial charge in [0.25, 0.3) is 0 Å². The first kappa shape index (κ1) is 13.3. The van der Waals surface area contributed by atoms with Crippen LogP contribution in [-0.2, 0) is 9.53 Å². The molecule has 1 aliphatic rings. The molecule has 18 heavy (non-hydrogen) atoms. The van der Waals surface area contributed by atoms with Gasteiger partial charge in [-0.2, -0.15) is 0 Å². The standard InChI is InChI=1S/C12H16ClN3O2/c1-7-3-8(4-15-10(7)13)16-11(17)12(2)6-18-5-9(12)14/h3-4,9H,5-6,14H2,1-2H3,(H,16,17). The summed E-state index contributed by atoms with van der Waals surface area (Å²) in [4.78, 5) is 16.2. The topological polar surface area (TPSA) is 77.2 Å². The maximum atomic E-state index is 12.2. The number of nitrogens with zero attached hydrogens (tertiary/aromatic N) is 1. The summed E-state index contributed by atoms with van der Waals surface area (Å²) in [7, 11) is 0. The van der Waals surface area contributed by atoms with E-state index < -0.39 is 5.41 Å². The van der Waals surface area contributed by atoms with E-state index in [1.807, 2.05) is 6.92 Å². The molecule has 1 fully saturated rings. The fourth-order valence-corrected chi connectivity index (χ4v) is 1.93. The highest BCUT2D eigenvalue weighted by atomic mass is 35.5. The van der Waals surface area contributed by atoms with Gasteiger partial charge < -0.3 is 15.8 Å². The number of hydrogen-bond donors (Lipinski definition) is 2. The smallest absolute Gasteiger partial charge is 0.234 e. The van der Waals surface area contributed by atoms with E-state index >= 15 is 0 Å². The lowest BCUT2D eigenvalue weighted by atomic mass is 9.85. The molecule has 0 radical (unpaired) electrons. The minimum atomic E-state index is -0.701. The van der Waals surface area contributed by atoms with Crippen LogP contribution in [0.1, 0.15) is 12.5 Å². The van der Waals surface area contributed by atoms with Gasteiger partial charge in [0.2, 0.25) is 5.91 Å². The Balaban J connectivity index is 2.14. The molecular formula is C12H16ClN3O2. The minimum Gasteiger partial charge on any atom is -0.379 e. The SMILES string of the molecule is Cc1cc(NC(=O)C2(C)COCC2N)cnc1Cl. The minimum absolute atomic E-state index is 0.156. The monoisotopic (exact) mass is 269 g/mol. The molecule has 0 aromatic carbocycles. The summed E-state index contributed by atoms with van der Waals surface area (Å²) in [5, 5.41) is 3.23. The Bertz CT molecular complexity index is 480. The van der Waals surface area contributed by atoms with Crippen molar-refractivity contribution >= 4 is 23.2 Å². The summed E-state index contributed by atoms with van der Waals surface area (Å²) in [6.07, 6.45) is 1.53. The van der Waals surface area contributed by atoms with Crippen LogP contribution in [0.3, 0.4) is 0 Å². The van der Waals surface area contributed by atoms with Crippen molar-refractivity contribution in [3.63, 3.8) is 0 Å². The molecule has 3 N–H and O–H groups in total. The number of carbonyl (C=O) groups is 1. The molecule has 6 heteroatoms. The lowest BCUT2D eigenvalue weighted by molar-refractivity contribution is -0.125. The van der Waals surface area contributed by atoms with Gasteiger partial charge in [-0.3, -0.25) is 4.79 Å². The van der Waals surface area contributed by atoms with E-state index in [4.69, 9.17) is 22.1 Å². The quantitative estimate of drug-likeness (QED) is 0.795. The molecule has 98 valence electrons. The van der Waals surface area contributed by atoms with Crippen molar-refractivity contribution in [1.29, 1.82) is 0 Å². The largest absolute Gasteiger partial charge is 0.379 e. The molecule has 2 rings (SSSR count). The number of rotatable bonds is 2. The zero-order valence-corrected chi connectivity index (χ0v) is 11.1. The summed E-state index contributed by atoms with van der Waals surface area (Å²) < 4.78 is 5.25. The molecule has 0 aliphatic carbocycles. The highest BCUT2D eigenvalue weighted by Gasteiger charge is 2.44. The number of aryl methyl sites for hydroxylation is 1. The van der Waals surface area contributed by atoms with Crippen LogP contribution in [0.15, 0.2) is 12.3 Å². The Morgan fingerprint density at radius 1 is 1.72 bits per heavy atom. The Morgan fingerprint density at radius 3 is 3.00 bits per heavy atom. The Morgan fingerprint density at radius 2 is 2.44 bits per heavy atom. The Kier molecular flexibility index (Phi) is 3.56. The summed E-state index contributed by atoms with van der Waals surface area (Å²) in [5.41, 5.74) is 6.62. The molecule has 1 amide bonds. The molecule has 5 nitrogen and oxygen atoms in total. The van der Waals surface area contributed by atoms with Crippen molar-refractivity contribution in [1.82, 2.24) is 4.98 Å². The number of ether oxygens (including phenoxy) is 1. The van der Waals surface area contributed by atoms with Crippen LogP contribution >= 0.6 is 11.6 Å². The molecule has 1 aromatic rings. The number of aromatic nitrogens is 1. The third kappa shape index (κ3) is 2.34. The average molecular weight is 270 g/mol. The number of halogens is 1. The molecule has 0 saturated carbocycles. The number of pyridine rings is 1. The fourth-order valence-electron chi connectivity index (χ4n) is 1.82. The van der Waals surface area contributed by atoms with E-state index in [-0.39, 0.29) is 11.9 Å². The number of amides is 1. The molecule has 1 aromatic heterocycles. The molecule has 0 spiro atoms. The van der Waals surface area contributed by atoms with Crippen LogP contribution in [0, 0.1) is 12.3 Å². The first-order chi connectivity index (χ1) is 8.43. The van der Waals surface area contributed by atoms with E-state index in [0.717, 1.165) is 5.56 Å². The van der Waals surface area contributed by atoms with Crippen molar-refractivity contribution in [2.75, 3.05) is 18.5 Å². The van der Waals surface area contributed by atoms with Gasteiger partial charge in [-0.15, -0.1) is 0 Å². The highest BCUT2D eigenvalue weighted by molar-refractivity contribution is 6.30. The highest BCUT2D eigenvalue weighted by Crippen LogP contribution is 2.29. The van der Waals surface area contributed by atoms with Crippen LogP contribution in [-0.4, -0.2) is 30.1 Å². The Hall–Kier alpha value is -1.17. The van der Waals surface area contributed by atoms with Gasteiger partial charge in [-0.25, -0.2) is 4.98 Å². The predicted molar refractivity (Wildman–Crippen MR) is 69.5 cm³/mol. The molecule has 2 heterocycles. The van der Waals surface area contributed by atoms with Crippen LogP contribution < -0.4 is 11.1 Å². The van der Waals surface area contributed by atoms with Gasteiger partial charge in [0, 0.05) is 6.04 Å². The molecule has 2 atom stereocenters. The Labute approximate surface area is 111 Å². The summed E-state index contributed by atoms with van der Waals surface area (Å²) in [6.45, 7) is 4.37. The van der Waals surface area contributed by atoms with E-state index in [1.54, 1.807) is 13.0 Å². The fraction of sp³-hybridized carbons (Fsp3) is 0.500. The first-order valence-corrected chi connectivity index (χ1v) is 6.08. The second kappa shape index (κ2) is 4.84. The molecule has 1 aliphatic heterocycles. The maximum Gasteiger partial charge on any atom is 0.234 e. The van der Waals surface area contributed by atoms with Crippen LogP contribution in [0.25, 0.3) is 0 Å². The molecular weight excluding hydrogens is 254 g/mol. The van der Waals surface area contributed by atoms with Crippen LogP contribution in [0.4, 0.5) is 5.69 Å². The molecule has 2 unspecified atom stereocenters. The maximum absolute atomic E-state index is 12.2. The second-order valence-electron chi connectivity index (χ2n) is 4.82. The number of carbonyl (C=O) groups excluding carboxylic acids is 1. The van der Waals surface area contributed by atoms with Gasteiger partial charge in [-0.1, -0.05) is 11.6 Å². The van der Waals surface area contributed by atoms with E-state index in [9.17, 15) is 4.79 Å². The van der Waals surface area contributed by atoms with Gasteiger partial charge in [0.1, 0.15) is 5.15 Å². The summed E-state index contributed by atoms with van der Waals surface area (Å²) in [5.74, 6) is -0.156. The number of nitrogens with one attached hydrogen (secondary N) is 1. The average Bonchev–Trinajstić information content (AvgIpc) is 2.66. The van der Waals surface area contributed by atoms with E-state index in [1.165, 1.54) is 6.20 Å². The van der Waals surface area contributed by atoms with Gasteiger partial charge in [-0.05, 0) is 25.5 Å². The summed E-state index contributed by atoms with van der Waals surface area (Å²) >= 11 is 5.83. The predicted octanol–water partition coefficient (Wildman–Crippen LogP) is 1.35. The van der Waals surface area contributed by atoms with Crippen molar-refractivity contribution in [3.8, 4) is 0 Å². The number of hydrogen-bond acceptors (Lipinski definition) is 4. The third-order valence-electron chi connectivity index (χ3n) is 3.31. The van der Waals surface area contributed by atoms with Crippen LogP contribution in [0.2, 0.25) is 5.15 Å². The second-order valence-corrected chi connectivity index (χ2v) is 5.18.